The molecule has 0 atom stereocenters. The van der Waals surface area contributed by atoms with Crippen LogP contribution in [-0.4, -0.2) is 49.2 Å². The fourth-order valence-corrected chi connectivity index (χ4v) is 5.45. The fraction of sp³-hybridized carbons (Fsp3) is 0.259. The summed E-state index contributed by atoms with van der Waals surface area (Å²) in [6, 6.07) is 18.1. The van der Waals surface area contributed by atoms with Crippen molar-refractivity contribution in [2.75, 3.05) is 43.2 Å². The third-order valence-corrected chi connectivity index (χ3v) is 7.56. The van der Waals surface area contributed by atoms with Gasteiger partial charge in [0.25, 0.3) is 11.6 Å². The predicted molar refractivity (Wildman–Crippen MR) is 144 cm³/mol. The van der Waals surface area contributed by atoms with E-state index in [1.165, 1.54) is 17.4 Å². The average molecular weight is 519 g/mol. The van der Waals surface area contributed by atoms with Crippen molar-refractivity contribution in [1.82, 2.24) is 4.98 Å². The van der Waals surface area contributed by atoms with Crippen molar-refractivity contribution >= 4 is 44.0 Å². The van der Waals surface area contributed by atoms with E-state index in [2.05, 4.69) is 0 Å². The summed E-state index contributed by atoms with van der Waals surface area (Å²) in [6.07, 6.45) is 0. The molecule has 0 saturated carbocycles. The van der Waals surface area contributed by atoms with Crippen molar-refractivity contribution in [3.05, 3.63) is 87.5 Å². The van der Waals surface area contributed by atoms with E-state index in [0.717, 1.165) is 15.8 Å². The predicted octanol–water partition coefficient (Wildman–Crippen LogP) is 5.21. The van der Waals surface area contributed by atoms with Gasteiger partial charge in [0.2, 0.25) is 0 Å². The lowest BCUT2D eigenvalue weighted by atomic mass is 10.1. The number of fused-ring (bicyclic) bond motifs is 1. The van der Waals surface area contributed by atoms with Gasteiger partial charge < -0.3 is 14.4 Å². The number of nitro benzene ring substituents is 1. The van der Waals surface area contributed by atoms with Crippen LogP contribution in [-0.2, 0) is 11.3 Å². The van der Waals surface area contributed by atoms with Gasteiger partial charge in [-0.2, -0.15) is 0 Å². The zero-order valence-electron chi connectivity index (χ0n) is 20.5. The van der Waals surface area contributed by atoms with Crippen LogP contribution >= 0.6 is 11.3 Å². The third-order valence-electron chi connectivity index (χ3n) is 6.34. The van der Waals surface area contributed by atoms with Crippen molar-refractivity contribution in [1.29, 1.82) is 0 Å². The maximum absolute atomic E-state index is 13.9. The highest BCUT2D eigenvalue weighted by atomic mass is 32.1. The van der Waals surface area contributed by atoms with Crippen molar-refractivity contribution in [2.24, 2.45) is 0 Å². The first-order valence-corrected chi connectivity index (χ1v) is 12.7. The van der Waals surface area contributed by atoms with Crippen molar-refractivity contribution in [3.63, 3.8) is 0 Å². The Kier molecular flexibility index (Phi) is 7.02. The molecule has 1 amide bonds. The lowest BCUT2D eigenvalue weighted by Gasteiger charge is -2.28. The summed E-state index contributed by atoms with van der Waals surface area (Å²) < 4.78 is 11.8. The molecular weight excluding hydrogens is 492 g/mol. The first kappa shape index (κ1) is 24.7. The largest absolute Gasteiger partial charge is 0.494 e. The Morgan fingerprint density at radius 1 is 1.16 bits per heavy atom. The minimum Gasteiger partial charge on any atom is -0.494 e. The van der Waals surface area contributed by atoms with Crippen LogP contribution in [0, 0.1) is 17.0 Å². The van der Waals surface area contributed by atoms with Crippen molar-refractivity contribution in [3.8, 4) is 5.75 Å². The number of benzene rings is 3. The van der Waals surface area contributed by atoms with E-state index in [-0.39, 0.29) is 23.7 Å². The molecule has 37 heavy (non-hydrogen) atoms. The third kappa shape index (κ3) is 4.98. The summed E-state index contributed by atoms with van der Waals surface area (Å²) >= 11 is 1.40. The quantitative estimate of drug-likeness (QED) is 0.245. The topological polar surface area (TPSA) is 98.0 Å². The number of rotatable bonds is 7. The number of carbonyl (C=O) groups is 1. The van der Waals surface area contributed by atoms with E-state index in [9.17, 15) is 14.9 Å². The number of nitrogens with zero attached hydrogens (tertiary/aromatic N) is 4. The summed E-state index contributed by atoms with van der Waals surface area (Å²) in [5, 5.41) is 12.5. The van der Waals surface area contributed by atoms with Crippen molar-refractivity contribution < 1.29 is 19.2 Å². The number of aryl methyl sites for hydroxylation is 1. The van der Waals surface area contributed by atoms with Crippen LogP contribution < -0.4 is 14.5 Å². The fourth-order valence-electron chi connectivity index (χ4n) is 4.40. The van der Waals surface area contributed by atoms with Gasteiger partial charge in [-0.25, -0.2) is 4.98 Å². The first-order valence-electron chi connectivity index (χ1n) is 11.9. The standard InChI is InChI=1S/C27H26N4O5S/c1-18-8-11-23(35-2)24-25(18)37-27(28-24)30(17-19-6-4-3-5-7-19)26(32)20-9-10-21(22(16-20)31(33)34)29-12-14-36-15-13-29/h3-11,16H,12-15,17H2,1-2H3. The molecule has 1 aliphatic heterocycles. The molecule has 9 nitrogen and oxygen atoms in total. The average Bonchev–Trinajstić information content (AvgIpc) is 3.38. The zero-order chi connectivity index (χ0) is 25.9. The van der Waals surface area contributed by atoms with Crippen LogP contribution in [0.4, 0.5) is 16.5 Å². The molecule has 1 aromatic heterocycles. The number of anilines is 2. The van der Waals surface area contributed by atoms with Gasteiger partial charge in [-0.05, 0) is 36.2 Å². The molecule has 190 valence electrons. The monoisotopic (exact) mass is 518 g/mol. The normalized spacial score (nSPS) is 13.5. The smallest absolute Gasteiger partial charge is 0.293 e. The number of nitro groups is 1. The second-order valence-electron chi connectivity index (χ2n) is 8.70. The van der Waals surface area contributed by atoms with Crippen LogP contribution in [0.1, 0.15) is 21.5 Å². The Morgan fingerprint density at radius 3 is 2.62 bits per heavy atom. The lowest BCUT2D eigenvalue weighted by Crippen LogP contribution is -2.36. The molecule has 0 radical (unpaired) electrons. The van der Waals surface area contributed by atoms with Crippen LogP contribution in [0.2, 0.25) is 0 Å². The highest BCUT2D eigenvalue weighted by molar-refractivity contribution is 7.22. The minimum atomic E-state index is -0.435. The number of aromatic nitrogens is 1. The van der Waals surface area contributed by atoms with Crippen LogP contribution in [0.5, 0.6) is 5.75 Å². The van der Waals surface area contributed by atoms with Crippen LogP contribution in [0.15, 0.2) is 60.7 Å². The minimum absolute atomic E-state index is 0.103. The Bertz CT molecular complexity index is 1450. The Hall–Kier alpha value is -4.02. The van der Waals surface area contributed by atoms with E-state index in [4.69, 9.17) is 14.5 Å². The van der Waals surface area contributed by atoms with Crippen LogP contribution in [0.25, 0.3) is 10.2 Å². The second-order valence-corrected chi connectivity index (χ2v) is 9.67. The van der Waals surface area contributed by atoms with Gasteiger partial charge in [0.1, 0.15) is 17.0 Å². The van der Waals surface area contributed by atoms with Gasteiger partial charge in [0, 0.05) is 24.7 Å². The summed E-state index contributed by atoms with van der Waals surface area (Å²) in [4.78, 5) is 33.8. The molecule has 1 saturated heterocycles. The Balaban J connectivity index is 1.58. The summed E-state index contributed by atoms with van der Waals surface area (Å²) in [5.74, 6) is 0.261. The lowest BCUT2D eigenvalue weighted by molar-refractivity contribution is -0.384. The molecule has 3 aromatic carbocycles. The molecule has 2 heterocycles. The summed E-state index contributed by atoms with van der Waals surface area (Å²) in [6.45, 7) is 4.37. The van der Waals surface area contributed by atoms with Gasteiger partial charge in [-0.1, -0.05) is 47.7 Å². The SMILES string of the molecule is COc1ccc(C)c2sc(N(Cc3ccccc3)C(=O)c3ccc(N4CCOCC4)c([N+](=O)[O-])c3)nc12. The molecule has 1 fully saturated rings. The molecule has 0 unspecified atom stereocenters. The second kappa shape index (κ2) is 10.5. The van der Waals surface area contributed by atoms with E-state index >= 15 is 0 Å². The molecular formula is C27H26N4O5S. The van der Waals surface area contributed by atoms with Gasteiger partial charge in [-0.3, -0.25) is 19.8 Å². The number of methoxy groups -OCH3 is 1. The Morgan fingerprint density at radius 2 is 1.92 bits per heavy atom. The van der Waals surface area contributed by atoms with Gasteiger partial charge >= 0.3 is 0 Å². The number of amides is 1. The number of hydrogen-bond acceptors (Lipinski definition) is 8. The van der Waals surface area contributed by atoms with E-state index < -0.39 is 4.92 Å². The van der Waals surface area contributed by atoms with Gasteiger partial charge in [0.05, 0.1) is 36.5 Å². The highest BCUT2D eigenvalue weighted by Crippen LogP contribution is 2.38. The molecule has 0 bridgehead atoms. The molecule has 5 rings (SSSR count). The van der Waals surface area contributed by atoms with E-state index in [0.29, 0.717) is 48.4 Å². The number of carbonyl (C=O) groups excluding carboxylic acids is 1. The van der Waals surface area contributed by atoms with Gasteiger partial charge in [0.15, 0.2) is 5.13 Å². The Labute approximate surface area is 218 Å². The maximum Gasteiger partial charge on any atom is 0.293 e. The number of hydrogen-bond donors (Lipinski definition) is 0. The molecule has 1 aliphatic rings. The molecule has 10 heteroatoms. The molecule has 0 aliphatic carbocycles. The van der Waals surface area contributed by atoms with E-state index in [1.54, 1.807) is 24.1 Å². The maximum atomic E-state index is 13.9. The first-order chi connectivity index (χ1) is 18.0. The number of ether oxygens (including phenoxy) is 2. The molecule has 4 aromatic rings. The summed E-state index contributed by atoms with van der Waals surface area (Å²) in [5.41, 5.74) is 3.23. The zero-order valence-corrected chi connectivity index (χ0v) is 21.4. The molecule has 0 spiro atoms. The highest BCUT2D eigenvalue weighted by Gasteiger charge is 2.27. The van der Waals surface area contributed by atoms with E-state index in [1.807, 2.05) is 54.3 Å². The number of thiazole rings is 1. The molecule has 0 N–H and O–H groups in total. The summed E-state index contributed by atoms with van der Waals surface area (Å²) in [7, 11) is 1.59. The van der Waals surface area contributed by atoms with Gasteiger partial charge in [-0.15, -0.1) is 0 Å². The van der Waals surface area contributed by atoms with Crippen LogP contribution in [0.3, 0.4) is 0 Å². The number of morpholine rings is 1. The van der Waals surface area contributed by atoms with Crippen molar-refractivity contribution in [2.45, 2.75) is 13.5 Å².